The van der Waals surface area contributed by atoms with E-state index in [0.717, 1.165) is 5.69 Å². The first-order valence-corrected chi connectivity index (χ1v) is 8.26. The zero-order valence-electron chi connectivity index (χ0n) is 14.2. The van der Waals surface area contributed by atoms with Crippen molar-refractivity contribution in [2.45, 2.75) is 38.5 Å². The average molecular weight is 343 g/mol. The third-order valence-corrected chi connectivity index (χ3v) is 4.26. The molecule has 25 heavy (non-hydrogen) atoms. The van der Waals surface area contributed by atoms with Crippen molar-refractivity contribution in [3.63, 3.8) is 0 Å². The third-order valence-electron chi connectivity index (χ3n) is 4.26. The Labute approximate surface area is 145 Å². The second-order valence-electron chi connectivity index (χ2n) is 6.34. The summed E-state index contributed by atoms with van der Waals surface area (Å²) in [6.45, 7) is 4.63. The van der Waals surface area contributed by atoms with Gasteiger partial charge in [0.2, 0.25) is 0 Å². The molecule has 7 heteroatoms. The highest BCUT2D eigenvalue weighted by Gasteiger charge is 2.33. The van der Waals surface area contributed by atoms with E-state index in [1.165, 1.54) is 12.1 Å². The summed E-state index contributed by atoms with van der Waals surface area (Å²) in [5, 5.41) is 16.4. The van der Waals surface area contributed by atoms with Crippen molar-refractivity contribution >= 4 is 11.9 Å². The Hall–Kier alpha value is -2.67. The van der Waals surface area contributed by atoms with Crippen molar-refractivity contribution in [2.75, 3.05) is 6.61 Å². The van der Waals surface area contributed by atoms with E-state index in [1.54, 1.807) is 18.3 Å². The molecule has 2 atom stereocenters. The first-order valence-electron chi connectivity index (χ1n) is 8.26. The lowest BCUT2D eigenvalue weighted by Crippen LogP contribution is -2.37. The normalized spacial score (nSPS) is 20.0. The molecule has 0 saturated carbocycles. The maximum atomic E-state index is 12.5. The van der Waals surface area contributed by atoms with Gasteiger partial charge in [-0.2, -0.15) is 5.10 Å². The Bertz CT molecular complexity index is 784. The lowest BCUT2D eigenvalue weighted by atomic mass is 10.1. The van der Waals surface area contributed by atoms with Gasteiger partial charge in [-0.3, -0.25) is 9.48 Å². The minimum Gasteiger partial charge on any atom is -0.478 e. The van der Waals surface area contributed by atoms with Crippen LogP contribution in [0.4, 0.5) is 0 Å². The number of carboxylic acids is 1. The molecule has 132 valence electrons. The molecule has 2 aromatic rings. The summed E-state index contributed by atoms with van der Waals surface area (Å²) in [4.78, 5) is 23.6. The molecule has 0 unspecified atom stereocenters. The standard InChI is InChI=1S/C18H21N3O4/c1-11(2)21-15(6-8-19-21)16-14(7-9-25-16)20-17(22)12-4-3-5-13(10-12)18(23)24/h3-6,8,10-11,14,16H,7,9H2,1-2H3,(H,20,22)(H,23,24)/t14-,16-/m0/s1. The first kappa shape index (κ1) is 17.2. The van der Waals surface area contributed by atoms with E-state index in [4.69, 9.17) is 9.84 Å². The van der Waals surface area contributed by atoms with Gasteiger partial charge in [-0.1, -0.05) is 6.07 Å². The molecule has 1 aromatic carbocycles. The molecular formula is C18H21N3O4. The van der Waals surface area contributed by atoms with E-state index >= 15 is 0 Å². The number of carbonyl (C=O) groups excluding carboxylic acids is 1. The van der Waals surface area contributed by atoms with E-state index < -0.39 is 5.97 Å². The summed E-state index contributed by atoms with van der Waals surface area (Å²) in [5.41, 5.74) is 1.34. The Morgan fingerprint density at radius 3 is 2.80 bits per heavy atom. The van der Waals surface area contributed by atoms with Crippen LogP contribution in [0, 0.1) is 0 Å². The van der Waals surface area contributed by atoms with Gasteiger partial charge in [-0.25, -0.2) is 4.79 Å². The summed E-state index contributed by atoms with van der Waals surface area (Å²) < 4.78 is 7.72. The number of nitrogens with zero attached hydrogens (tertiary/aromatic N) is 2. The predicted molar refractivity (Wildman–Crippen MR) is 90.6 cm³/mol. The van der Waals surface area contributed by atoms with Crippen LogP contribution in [0.2, 0.25) is 0 Å². The van der Waals surface area contributed by atoms with Crippen LogP contribution in [0.15, 0.2) is 36.5 Å². The minimum absolute atomic E-state index is 0.0877. The van der Waals surface area contributed by atoms with Crippen molar-refractivity contribution in [1.82, 2.24) is 15.1 Å². The van der Waals surface area contributed by atoms with Gasteiger partial charge in [-0.15, -0.1) is 0 Å². The number of amides is 1. The van der Waals surface area contributed by atoms with Gasteiger partial charge < -0.3 is 15.2 Å². The molecule has 1 amide bonds. The second-order valence-corrected chi connectivity index (χ2v) is 6.34. The Balaban J connectivity index is 1.77. The molecule has 0 bridgehead atoms. The smallest absolute Gasteiger partial charge is 0.335 e. The highest BCUT2D eigenvalue weighted by Crippen LogP contribution is 2.30. The van der Waals surface area contributed by atoms with Crippen molar-refractivity contribution in [3.05, 3.63) is 53.3 Å². The lowest BCUT2D eigenvalue weighted by Gasteiger charge is -2.22. The Morgan fingerprint density at radius 2 is 2.08 bits per heavy atom. The Kier molecular flexibility index (Phi) is 4.85. The number of hydrogen-bond donors (Lipinski definition) is 2. The number of benzene rings is 1. The van der Waals surface area contributed by atoms with Crippen molar-refractivity contribution < 1.29 is 19.4 Å². The number of aromatic carboxylic acids is 1. The average Bonchev–Trinajstić information content (AvgIpc) is 3.23. The van der Waals surface area contributed by atoms with Crippen molar-refractivity contribution in [1.29, 1.82) is 0 Å². The van der Waals surface area contributed by atoms with Crippen LogP contribution in [-0.2, 0) is 4.74 Å². The summed E-state index contributed by atoms with van der Waals surface area (Å²) in [6, 6.07) is 7.91. The molecule has 1 saturated heterocycles. The summed E-state index contributed by atoms with van der Waals surface area (Å²) in [6.07, 6.45) is 2.15. The molecule has 1 aliphatic heterocycles. The van der Waals surface area contributed by atoms with Gasteiger partial charge in [0.25, 0.3) is 5.91 Å². The first-order chi connectivity index (χ1) is 12.0. The number of hydrogen-bond acceptors (Lipinski definition) is 4. The van der Waals surface area contributed by atoms with E-state index in [0.29, 0.717) is 18.6 Å². The fourth-order valence-corrected chi connectivity index (χ4v) is 3.06. The quantitative estimate of drug-likeness (QED) is 0.869. The van der Waals surface area contributed by atoms with E-state index in [1.807, 2.05) is 24.6 Å². The largest absolute Gasteiger partial charge is 0.478 e. The van der Waals surface area contributed by atoms with Crippen LogP contribution in [0.5, 0.6) is 0 Å². The maximum absolute atomic E-state index is 12.5. The van der Waals surface area contributed by atoms with Gasteiger partial charge >= 0.3 is 5.97 Å². The summed E-state index contributed by atoms with van der Waals surface area (Å²) >= 11 is 0. The van der Waals surface area contributed by atoms with Crippen LogP contribution < -0.4 is 5.32 Å². The molecule has 0 spiro atoms. The fourth-order valence-electron chi connectivity index (χ4n) is 3.06. The fraction of sp³-hybridized carbons (Fsp3) is 0.389. The summed E-state index contributed by atoms with van der Waals surface area (Å²) in [5.74, 6) is -1.36. The lowest BCUT2D eigenvalue weighted by molar-refractivity contribution is 0.0697. The molecule has 7 nitrogen and oxygen atoms in total. The molecular weight excluding hydrogens is 322 g/mol. The van der Waals surface area contributed by atoms with Crippen LogP contribution in [0.25, 0.3) is 0 Å². The maximum Gasteiger partial charge on any atom is 0.335 e. The molecule has 2 N–H and O–H groups in total. The number of ether oxygens (including phenoxy) is 1. The van der Waals surface area contributed by atoms with E-state index in [9.17, 15) is 9.59 Å². The van der Waals surface area contributed by atoms with Crippen LogP contribution in [0.1, 0.15) is 58.8 Å². The third kappa shape index (κ3) is 3.56. The van der Waals surface area contributed by atoms with Gasteiger partial charge in [-0.05, 0) is 44.5 Å². The van der Waals surface area contributed by atoms with Gasteiger partial charge in [0.15, 0.2) is 0 Å². The topological polar surface area (TPSA) is 93.5 Å². The molecule has 3 rings (SSSR count). The number of nitrogens with one attached hydrogen (secondary N) is 1. The molecule has 2 heterocycles. The van der Waals surface area contributed by atoms with Crippen molar-refractivity contribution in [3.8, 4) is 0 Å². The van der Waals surface area contributed by atoms with Gasteiger partial charge in [0, 0.05) is 24.4 Å². The zero-order chi connectivity index (χ0) is 18.0. The van der Waals surface area contributed by atoms with Crippen LogP contribution in [-0.4, -0.2) is 39.4 Å². The molecule has 0 aliphatic carbocycles. The van der Waals surface area contributed by atoms with Crippen molar-refractivity contribution in [2.24, 2.45) is 0 Å². The molecule has 1 aromatic heterocycles. The summed E-state index contributed by atoms with van der Waals surface area (Å²) in [7, 11) is 0. The van der Waals surface area contributed by atoms with E-state index in [-0.39, 0.29) is 29.7 Å². The number of aromatic nitrogens is 2. The van der Waals surface area contributed by atoms with E-state index in [2.05, 4.69) is 10.4 Å². The second kappa shape index (κ2) is 7.06. The monoisotopic (exact) mass is 343 g/mol. The van der Waals surface area contributed by atoms with Crippen LogP contribution >= 0.6 is 0 Å². The van der Waals surface area contributed by atoms with Gasteiger partial charge in [0.1, 0.15) is 6.10 Å². The minimum atomic E-state index is -1.06. The number of rotatable bonds is 5. The SMILES string of the molecule is CC(C)n1nccc1[C@H]1OCC[C@@H]1NC(=O)c1cccc(C(=O)O)c1. The molecule has 1 fully saturated rings. The number of carbonyl (C=O) groups is 2. The highest BCUT2D eigenvalue weighted by atomic mass is 16.5. The predicted octanol–water partition coefficient (Wildman–Crippen LogP) is 2.42. The van der Waals surface area contributed by atoms with Crippen LogP contribution in [0.3, 0.4) is 0 Å². The zero-order valence-corrected chi connectivity index (χ0v) is 14.2. The molecule has 1 aliphatic rings. The Morgan fingerprint density at radius 1 is 1.32 bits per heavy atom. The highest BCUT2D eigenvalue weighted by molar-refractivity contribution is 5.97. The molecule has 0 radical (unpaired) electrons. The van der Waals surface area contributed by atoms with Gasteiger partial charge in [0.05, 0.1) is 17.3 Å². The number of carboxylic acid groups (broad SMARTS) is 1.